The van der Waals surface area contributed by atoms with Gasteiger partial charge in [-0.15, -0.1) is 0 Å². The highest BCUT2D eigenvalue weighted by Gasteiger charge is 2.20. The molecule has 0 aliphatic rings. The van der Waals surface area contributed by atoms with Gasteiger partial charge in [-0.1, -0.05) is 58.0 Å². The van der Waals surface area contributed by atoms with Crippen molar-refractivity contribution in [3.05, 3.63) is 48.6 Å². The largest absolute Gasteiger partial charge is 0.258 e. The molecule has 2 rings (SSSR count). The molecule has 6 heteroatoms. The number of aromatic nitrogens is 1. The van der Waals surface area contributed by atoms with Crippen molar-refractivity contribution < 1.29 is 0 Å². The summed E-state index contributed by atoms with van der Waals surface area (Å²) < 4.78 is 0. The molecule has 0 spiro atoms. The fourth-order valence-corrected chi connectivity index (χ4v) is 3.19. The molecule has 0 saturated heterocycles. The Kier molecular flexibility index (Phi) is 4.54. The summed E-state index contributed by atoms with van der Waals surface area (Å²) in [5, 5.41) is 1.11. The molecule has 1 heterocycles. The topological polar surface area (TPSA) is 12.9 Å². The highest BCUT2D eigenvalue weighted by atomic mass is 35.5. The Morgan fingerprint density at radius 2 is 1.05 bits per heavy atom. The predicted octanol–water partition coefficient (Wildman–Crippen LogP) is 6.63. The fourth-order valence-electron chi connectivity index (χ4n) is 1.84. The molecule has 0 saturated carbocycles. The molecule has 0 unspecified atom stereocenters. The molecule has 19 heavy (non-hydrogen) atoms. The zero-order valence-corrected chi connectivity index (χ0v) is 13.8. The van der Waals surface area contributed by atoms with Crippen LogP contribution >= 0.6 is 58.0 Å². The lowest BCUT2D eigenvalue weighted by atomic mass is 10.0. The van der Waals surface area contributed by atoms with E-state index >= 15 is 0 Å². The van der Waals surface area contributed by atoms with E-state index in [1.54, 1.807) is 0 Å². The minimum absolute atomic E-state index is 0.157. The number of halogens is 5. The predicted molar refractivity (Wildman–Crippen MR) is 84.2 cm³/mol. The van der Waals surface area contributed by atoms with Crippen LogP contribution in [0.15, 0.2) is 12.1 Å². The number of aryl methyl sites for hydroxylation is 2. The molecule has 0 bridgehead atoms. The number of nitrogens with zero attached hydrogens (tertiary/aromatic N) is 1. The molecule has 0 radical (unpaired) electrons. The molecule has 0 fully saturated rings. The quantitative estimate of drug-likeness (QED) is 0.413. The Morgan fingerprint density at radius 3 is 1.47 bits per heavy atom. The Morgan fingerprint density at radius 1 is 0.684 bits per heavy atom. The van der Waals surface area contributed by atoms with Gasteiger partial charge in [0.15, 0.2) is 0 Å². The lowest BCUT2D eigenvalue weighted by Crippen LogP contribution is -1.91. The van der Waals surface area contributed by atoms with Gasteiger partial charge in [0.2, 0.25) is 0 Å². The Hall–Kier alpha value is -0.180. The van der Waals surface area contributed by atoms with Crippen molar-refractivity contribution in [3.63, 3.8) is 0 Å². The van der Waals surface area contributed by atoms with Crippen molar-refractivity contribution in [2.24, 2.45) is 0 Å². The summed E-state index contributed by atoms with van der Waals surface area (Å²) in [6.07, 6.45) is 0. The normalized spacial score (nSPS) is 10.9. The van der Waals surface area contributed by atoms with Crippen LogP contribution in [0.25, 0.3) is 11.1 Å². The Bertz CT molecular complexity index is 617. The van der Waals surface area contributed by atoms with Crippen LogP contribution in [0.1, 0.15) is 11.4 Å². The SMILES string of the molecule is Cc1cc(-c2c(Cl)c(Cl)c(Cl)c(Cl)c2Cl)cc(C)n1. The highest BCUT2D eigenvalue weighted by Crippen LogP contribution is 2.48. The van der Waals surface area contributed by atoms with E-state index in [9.17, 15) is 0 Å². The van der Waals surface area contributed by atoms with Crippen molar-refractivity contribution in [1.29, 1.82) is 0 Å². The summed E-state index contributed by atoms with van der Waals surface area (Å²) >= 11 is 30.6. The van der Waals surface area contributed by atoms with E-state index in [1.807, 2.05) is 26.0 Å². The van der Waals surface area contributed by atoms with Crippen LogP contribution in [0.3, 0.4) is 0 Å². The first-order valence-corrected chi connectivity index (χ1v) is 7.19. The number of rotatable bonds is 1. The summed E-state index contributed by atoms with van der Waals surface area (Å²) in [6.45, 7) is 3.77. The van der Waals surface area contributed by atoms with Gasteiger partial charge in [-0.25, -0.2) is 0 Å². The van der Waals surface area contributed by atoms with E-state index in [0.29, 0.717) is 5.56 Å². The molecular formula is C13H8Cl5N. The summed E-state index contributed by atoms with van der Waals surface area (Å²) in [5.41, 5.74) is 3.07. The minimum Gasteiger partial charge on any atom is -0.258 e. The van der Waals surface area contributed by atoms with Crippen LogP contribution in [0.5, 0.6) is 0 Å². The van der Waals surface area contributed by atoms with E-state index in [4.69, 9.17) is 58.0 Å². The molecule has 0 aliphatic heterocycles. The van der Waals surface area contributed by atoms with Crippen LogP contribution < -0.4 is 0 Å². The third-order valence-corrected chi connectivity index (χ3v) is 4.86. The van der Waals surface area contributed by atoms with Crippen LogP contribution in [-0.4, -0.2) is 4.98 Å². The van der Waals surface area contributed by atoms with Crippen molar-refractivity contribution >= 4 is 58.0 Å². The summed E-state index contributed by atoms with van der Waals surface area (Å²) in [7, 11) is 0. The van der Waals surface area contributed by atoms with E-state index in [-0.39, 0.29) is 25.1 Å². The fraction of sp³-hybridized carbons (Fsp3) is 0.154. The maximum absolute atomic E-state index is 6.24. The molecule has 0 N–H and O–H groups in total. The minimum atomic E-state index is 0.157. The van der Waals surface area contributed by atoms with E-state index < -0.39 is 0 Å². The lowest BCUT2D eigenvalue weighted by molar-refractivity contribution is 1.12. The maximum Gasteiger partial charge on any atom is 0.0809 e. The van der Waals surface area contributed by atoms with Gasteiger partial charge in [-0.3, -0.25) is 4.98 Å². The second kappa shape index (κ2) is 5.67. The monoisotopic (exact) mass is 353 g/mol. The molecule has 100 valence electrons. The van der Waals surface area contributed by atoms with Gasteiger partial charge < -0.3 is 0 Å². The maximum atomic E-state index is 6.24. The van der Waals surface area contributed by atoms with E-state index in [0.717, 1.165) is 17.0 Å². The third-order valence-electron chi connectivity index (χ3n) is 2.58. The number of hydrogen-bond donors (Lipinski definition) is 0. The van der Waals surface area contributed by atoms with Gasteiger partial charge >= 0.3 is 0 Å². The first-order chi connectivity index (χ1) is 8.82. The second-order valence-corrected chi connectivity index (χ2v) is 5.97. The third kappa shape index (κ3) is 2.81. The Labute approximate surface area is 136 Å². The van der Waals surface area contributed by atoms with E-state index in [2.05, 4.69) is 4.98 Å². The molecule has 0 amide bonds. The van der Waals surface area contributed by atoms with Gasteiger partial charge in [0, 0.05) is 17.0 Å². The first kappa shape index (κ1) is 15.2. The van der Waals surface area contributed by atoms with Crippen molar-refractivity contribution in [2.75, 3.05) is 0 Å². The molecule has 2 aromatic rings. The van der Waals surface area contributed by atoms with Gasteiger partial charge in [0.25, 0.3) is 0 Å². The van der Waals surface area contributed by atoms with Gasteiger partial charge in [-0.05, 0) is 31.5 Å². The highest BCUT2D eigenvalue weighted by molar-refractivity contribution is 6.56. The van der Waals surface area contributed by atoms with Gasteiger partial charge in [-0.2, -0.15) is 0 Å². The van der Waals surface area contributed by atoms with Gasteiger partial charge in [0.1, 0.15) is 0 Å². The zero-order chi connectivity index (χ0) is 14.3. The molecule has 0 atom stereocenters. The number of pyridine rings is 1. The first-order valence-electron chi connectivity index (χ1n) is 5.30. The standard InChI is InChI=1S/C13H8Cl5N/c1-5-3-7(4-6(2)19-5)8-9(14)11(16)13(18)12(17)10(8)15/h3-4H,1-2H3. The second-order valence-electron chi connectivity index (χ2n) is 4.08. The summed E-state index contributed by atoms with van der Waals surface area (Å²) in [4.78, 5) is 4.30. The smallest absolute Gasteiger partial charge is 0.0809 e. The average Bonchev–Trinajstić information content (AvgIpc) is 2.33. The summed E-state index contributed by atoms with van der Waals surface area (Å²) in [6, 6.07) is 3.72. The van der Waals surface area contributed by atoms with Crippen molar-refractivity contribution in [1.82, 2.24) is 4.98 Å². The summed E-state index contributed by atoms with van der Waals surface area (Å²) in [5.74, 6) is 0. The van der Waals surface area contributed by atoms with Crippen LogP contribution in [0.2, 0.25) is 25.1 Å². The molecule has 1 aromatic carbocycles. The lowest BCUT2D eigenvalue weighted by Gasteiger charge is -2.13. The van der Waals surface area contributed by atoms with Crippen LogP contribution in [0, 0.1) is 13.8 Å². The molecule has 0 aliphatic carbocycles. The van der Waals surface area contributed by atoms with Crippen molar-refractivity contribution in [3.8, 4) is 11.1 Å². The number of hydrogen-bond acceptors (Lipinski definition) is 1. The van der Waals surface area contributed by atoms with Crippen LogP contribution in [-0.2, 0) is 0 Å². The molecular weight excluding hydrogens is 347 g/mol. The molecule has 1 nitrogen and oxygen atoms in total. The number of benzene rings is 1. The molecule has 1 aromatic heterocycles. The van der Waals surface area contributed by atoms with Gasteiger partial charge in [0.05, 0.1) is 25.1 Å². The Balaban J connectivity index is 2.82. The zero-order valence-electron chi connectivity index (χ0n) is 9.99. The average molecular weight is 355 g/mol. The van der Waals surface area contributed by atoms with E-state index in [1.165, 1.54) is 0 Å². The van der Waals surface area contributed by atoms with Crippen molar-refractivity contribution in [2.45, 2.75) is 13.8 Å². The van der Waals surface area contributed by atoms with Crippen LogP contribution in [0.4, 0.5) is 0 Å².